The third-order valence-corrected chi connectivity index (χ3v) is 6.56. The molecule has 1 aliphatic rings. The molecule has 2 rings (SSSR count). The van der Waals surface area contributed by atoms with Crippen LogP contribution in [0.3, 0.4) is 0 Å². The van der Waals surface area contributed by atoms with Crippen LogP contribution in [-0.4, -0.2) is 68.4 Å². The highest BCUT2D eigenvalue weighted by Crippen LogP contribution is 2.21. The maximum Gasteiger partial charge on any atom is 0.312 e. The number of rotatable bonds is 8. The number of piperazine rings is 1. The summed E-state index contributed by atoms with van der Waals surface area (Å²) in [6.45, 7) is 7.14. The fraction of sp³-hybridized carbons (Fsp3) is 0.579. The molecule has 1 saturated heterocycles. The molecular weight excluding hydrogens is 396 g/mol. The van der Waals surface area contributed by atoms with Crippen molar-refractivity contribution in [3.8, 4) is 5.75 Å². The first-order valence-electron chi connectivity index (χ1n) is 9.73. The van der Waals surface area contributed by atoms with Crippen LogP contribution in [0.15, 0.2) is 29.2 Å². The largest absolute Gasteiger partial charge is 0.494 e. The van der Waals surface area contributed by atoms with E-state index in [1.54, 1.807) is 17.0 Å². The Bertz CT molecular complexity index is 802. The van der Waals surface area contributed by atoms with Crippen LogP contribution < -0.4 is 15.8 Å². The lowest BCUT2D eigenvalue weighted by molar-refractivity contribution is -0.134. The van der Waals surface area contributed by atoms with Crippen molar-refractivity contribution in [2.75, 3.05) is 32.8 Å². The fourth-order valence-electron chi connectivity index (χ4n) is 3.26. The Morgan fingerprint density at radius 3 is 2.21 bits per heavy atom. The lowest BCUT2D eigenvalue weighted by Gasteiger charge is -2.36. The van der Waals surface area contributed by atoms with E-state index in [-0.39, 0.29) is 42.9 Å². The highest BCUT2D eigenvalue weighted by atomic mass is 32.2. The fourth-order valence-corrected chi connectivity index (χ4v) is 4.68. The Hall–Kier alpha value is -2.33. The average Bonchev–Trinajstić information content (AvgIpc) is 2.67. The first kappa shape index (κ1) is 23.0. The van der Waals surface area contributed by atoms with Crippen LogP contribution >= 0.6 is 0 Å². The lowest BCUT2D eigenvalue weighted by Crippen LogP contribution is -2.56. The van der Waals surface area contributed by atoms with E-state index in [1.165, 1.54) is 16.4 Å². The van der Waals surface area contributed by atoms with Gasteiger partial charge in [-0.05, 0) is 43.5 Å². The van der Waals surface area contributed by atoms with Crippen LogP contribution in [0, 0.1) is 5.92 Å². The Morgan fingerprint density at radius 1 is 1.14 bits per heavy atom. The van der Waals surface area contributed by atoms with Gasteiger partial charge < -0.3 is 20.7 Å². The van der Waals surface area contributed by atoms with Gasteiger partial charge in [-0.3, -0.25) is 4.79 Å². The van der Waals surface area contributed by atoms with Gasteiger partial charge in [0.05, 0.1) is 11.5 Å². The third kappa shape index (κ3) is 6.07. The summed E-state index contributed by atoms with van der Waals surface area (Å²) >= 11 is 0. The van der Waals surface area contributed by atoms with E-state index in [9.17, 15) is 18.0 Å². The van der Waals surface area contributed by atoms with Crippen molar-refractivity contribution in [2.24, 2.45) is 11.7 Å². The van der Waals surface area contributed by atoms with Crippen molar-refractivity contribution in [1.82, 2.24) is 14.5 Å². The Balaban J connectivity index is 2.02. The summed E-state index contributed by atoms with van der Waals surface area (Å²) in [5.74, 6) is 0.563. The summed E-state index contributed by atoms with van der Waals surface area (Å²) in [6, 6.07) is 4.84. The van der Waals surface area contributed by atoms with Gasteiger partial charge in [0.25, 0.3) is 0 Å². The molecule has 0 saturated carbocycles. The van der Waals surface area contributed by atoms with Crippen LogP contribution in [0.25, 0.3) is 0 Å². The molecule has 29 heavy (non-hydrogen) atoms. The van der Waals surface area contributed by atoms with Crippen LogP contribution in [0.5, 0.6) is 5.75 Å². The maximum atomic E-state index is 12.9. The first-order valence-corrected chi connectivity index (χ1v) is 11.2. The van der Waals surface area contributed by atoms with Gasteiger partial charge in [0.1, 0.15) is 11.8 Å². The summed E-state index contributed by atoms with van der Waals surface area (Å²) in [7, 11) is -3.65. The van der Waals surface area contributed by atoms with Gasteiger partial charge in [0.15, 0.2) is 0 Å². The number of nitrogens with zero attached hydrogens (tertiary/aromatic N) is 2. The number of nitrogens with one attached hydrogen (secondary N) is 1. The minimum absolute atomic E-state index is 0.187. The van der Waals surface area contributed by atoms with E-state index in [0.29, 0.717) is 18.8 Å². The highest BCUT2D eigenvalue weighted by Gasteiger charge is 2.33. The lowest BCUT2D eigenvalue weighted by atomic mass is 10.0. The molecule has 1 aliphatic heterocycles. The molecule has 3 amide bonds. The molecule has 0 radical (unpaired) electrons. The van der Waals surface area contributed by atoms with Crippen LogP contribution in [0.2, 0.25) is 0 Å². The Labute approximate surface area is 172 Å². The quantitative estimate of drug-likeness (QED) is 0.642. The van der Waals surface area contributed by atoms with Gasteiger partial charge in [-0.1, -0.05) is 13.8 Å². The van der Waals surface area contributed by atoms with Crippen LogP contribution in [0.4, 0.5) is 4.79 Å². The van der Waals surface area contributed by atoms with Crippen LogP contribution in [0.1, 0.15) is 27.2 Å². The molecule has 1 atom stereocenters. The van der Waals surface area contributed by atoms with Gasteiger partial charge >= 0.3 is 6.03 Å². The van der Waals surface area contributed by atoms with E-state index in [1.807, 2.05) is 20.8 Å². The second-order valence-electron chi connectivity index (χ2n) is 7.32. The van der Waals surface area contributed by atoms with Gasteiger partial charge in [0.2, 0.25) is 15.9 Å². The zero-order valence-electron chi connectivity index (χ0n) is 17.1. The highest BCUT2D eigenvalue weighted by molar-refractivity contribution is 7.89. The maximum absolute atomic E-state index is 12.9. The zero-order chi connectivity index (χ0) is 21.6. The number of nitrogens with two attached hydrogens (primary N) is 1. The molecule has 3 N–H and O–H groups in total. The number of ether oxygens (including phenoxy) is 1. The number of urea groups is 1. The van der Waals surface area contributed by atoms with E-state index >= 15 is 0 Å². The van der Waals surface area contributed by atoms with E-state index < -0.39 is 22.1 Å². The molecule has 0 bridgehead atoms. The SMILES string of the molecule is CCOc1ccc(S(=O)(=O)N2CCN(C(=O)C(CC(C)C)NC(N)=O)CC2)cc1. The standard InChI is InChI=1S/C19H30N4O5S/c1-4-28-15-5-7-16(8-6-15)29(26,27)23-11-9-22(10-12-23)18(24)17(13-14(2)3)21-19(20)25/h5-8,14,17H,4,9-13H2,1-3H3,(H3,20,21,25). The molecule has 0 spiro atoms. The molecule has 1 aromatic carbocycles. The van der Waals surface area contributed by atoms with E-state index in [4.69, 9.17) is 10.5 Å². The number of primary amides is 1. The van der Waals surface area contributed by atoms with Gasteiger partial charge in [-0.15, -0.1) is 0 Å². The summed E-state index contributed by atoms with van der Waals surface area (Å²) in [5, 5.41) is 2.50. The van der Waals surface area contributed by atoms with Gasteiger partial charge in [-0.25, -0.2) is 13.2 Å². The van der Waals surface area contributed by atoms with E-state index in [2.05, 4.69) is 5.32 Å². The number of sulfonamides is 1. The number of hydrogen-bond donors (Lipinski definition) is 2. The molecule has 1 unspecified atom stereocenters. The minimum Gasteiger partial charge on any atom is -0.494 e. The predicted octanol–water partition coefficient (Wildman–Crippen LogP) is 1.00. The molecule has 0 aliphatic carbocycles. The summed E-state index contributed by atoms with van der Waals surface area (Å²) < 4.78 is 32.4. The minimum atomic E-state index is -3.65. The van der Waals surface area contributed by atoms with Crippen molar-refractivity contribution in [1.29, 1.82) is 0 Å². The van der Waals surface area contributed by atoms with Crippen molar-refractivity contribution in [3.63, 3.8) is 0 Å². The monoisotopic (exact) mass is 426 g/mol. The van der Waals surface area contributed by atoms with Crippen molar-refractivity contribution in [3.05, 3.63) is 24.3 Å². The first-order chi connectivity index (χ1) is 13.6. The van der Waals surface area contributed by atoms with Crippen molar-refractivity contribution < 1.29 is 22.7 Å². The van der Waals surface area contributed by atoms with Crippen molar-refractivity contribution >= 4 is 22.0 Å². The topological polar surface area (TPSA) is 122 Å². The van der Waals surface area contributed by atoms with Crippen molar-refractivity contribution in [2.45, 2.75) is 38.1 Å². The van der Waals surface area contributed by atoms with Gasteiger partial charge in [0, 0.05) is 26.2 Å². The molecule has 10 heteroatoms. The Kier molecular flexibility index (Phi) is 7.86. The molecule has 1 heterocycles. The molecule has 0 aromatic heterocycles. The zero-order valence-corrected chi connectivity index (χ0v) is 17.9. The number of hydrogen-bond acceptors (Lipinski definition) is 5. The summed E-state index contributed by atoms with van der Waals surface area (Å²) in [6.07, 6.45) is 0.465. The number of carbonyl (C=O) groups excluding carboxylic acids is 2. The molecule has 1 aromatic rings. The Morgan fingerprint density at radius 2 is 1.72 bits per heavy atom. The van der Waals surface area contributed by atoms with Crippen LogP contribution in [-0.2, 0) is 14.8 Å². The van der Waals surface area contributed by atoms with Gasteiger partial charge in [-0.2, -0.15) is 4.31 Å². The van der Waals surface area contributed by atoms with E-state index in [0.717, 1.165) is 0 Å². The summed E-state index contributed by atoms with van der Waals surface area (Å²) in [5.41, 5.74) is 5.19. The summed E-state index contributed by atoms with van der Waals surface area (Å²) in [4.78, 5) is 25.8. The molecule has 9 nitrogen and oxygen atoms in total. The predicted molar refractivity (Wildman–Crippen MR) is 109 cm³/mol. The molecule has 162 valence electrons. The number of benzene rings is 1. The third-order valence-electron chi connectivity index (χ3n) is 4.64. The molecular formula is C19H30N4O5S. The number of carbonyl (C=O) groups is 2. The second kappa shape index (κ2) is 9.93. The average molecular weight is 427 g/mol. The second-order valence-corrected chi connectivity index (χ2v) is 9.26. The number of amides is 3. The smallest absolute Gasteiger partial charge is 0.312 e. The normalized spacial score (nSPS) is 16.5. The molecule has 1 fully saturated rings.